The molecule has 1 aromatic carbocycles. The third-order valence-electron chi connectivity index (χ3n) is 7.92. The van der Waals surface area contributed by atoms with Crippen LogP contribution in [0.1, 0.15) is 71.8 Å². The van der Waals surface area contributed by atoms with E-state index in [4.69, 9.17) is 0 Å². The Morgan fingerprint density at radius 2 is 1.50 bits per heavy atom. The van der Waals surface area contributed by atoms with Gasteiger partial charge in [-0.1, -0.05) is 63.9 Å². The summed E-state index contributed by atoms with van der Waals surface area (Å²) in [5, 5.41) is 11.1. The molecule has 1 aromatic rings. The Labute approximate surface area is 250 Å². The van der Waals surface area contributed by atoms with Crippen LogP contribution in [0.3, 0.4) is 0 Å². The van der Waals surface area contributed by atoms with E-state index in [9.17, 15) is 27.6 Å². The van der Waals surface area contributed by atoms with Gasteiger partial charge in [0, 0.05) is 19.0 Å². The zero-order valence-electron chi connectivity index (χ0n) is 25.2. The molecule has 4 amide bonds. The average molecular weight is 606 g/mol. The molecule has 12 heteroatoms. The first kappa shape index (κ1) is 33.5. The lowest BCUT2D eigenvalue weighted by molar-refractivity contribution is -0.133. The average Bonchev–Trinajstić information content (AvgIpc) is 3.43. The second-order valence-electron chi connectivity index (χ2n) is 12.1. The van der Waals surface area contributed by atoms with Crippen molar-refractivity contribution < 1.29 is 27.6 Å². The number of nitrogens with one attached hydrogen (secondary N) is 4. The lowest BCUT2D eigenvalue weighted by Gasteiger charge is -2.29. The molecule has 42 heavy (non-hydrogen) atoms. The molecule has 1 heterocycles. The second kappa shape index (κ2) is 15.5. The van der Waals surface area contributed by atoms with Crippen LogP contribution in [0.4, 0.5) is 0 Å². The van der Waals surface area contributed by atoms with E-state index in [-0.39, 0.29) is 30.6 Å². The van der Waals surface area contributed by atoms with E-state index in [0.717, 1.165) is 35.6 Å². The fourth-order valence-electron chi connectivity index (χ4n) is 5.53. The fourth-order valence-corrected chi connectivity index (χ4v) is 7.39. The van der Waals surface area contributed by atoms with Gasteiger partial charge in [0.25, 0.3) is 0 Å². The maximum Gasteiger partial charge on any atom is 0.243 e. The minimum atomic E-state index is -3.85. The lowest BCUT2D eigenvalue weighted by atomic mass is 10.0. The van der Waals surface area contributed by atoms with Gasteiger partial charge in [0.1, 0.15) is 18.1 Å². The number of carbonyl (C=O) groups excluding carboxylic acids is 4. The number of hydrogen-bond acceptors (Lipinski definition) is 6. The summed E-state index contributed by atoms with van der Waals surface area (Å²) in [5.41, 5.74) is 0.831. The molecule has 0 spiro atoms. The highest BCUT2D eigenvalue weighted by molar-refractivity contribution is 7.89. The standard InChI is InChI=1S/C30H47N5O6S/c1-5-24-17-35(42(40,41)19-23-13-9-10-14-23)18-27(36)31-21(4)28(37)33-25(15-20(2)3)30(39)34-26(29(38)32-24)16-22-11-7-6-8-12-22/h6-8,11-12,20-21,23-26H,5,9-10,13-19H2,1-4H3,(H,31,36)(H,32,38)(H,33,37)(H,34,39)/t21-,24+,25+,26+/m1/s1. The molecule has 1 saturated heterocycles. The Hall–Kier alpha value is -2.99. The third kappa shape index (κ3) is 10.1. The minimum Gasteiger partial charge on any atom is -0.350 e. The number of nitrogens with zero attached hydrogens (tertiary/aromatic N) is 1. The number of rotatable bonds is 8. The number of carbonyl (C=O) groups is 4. The van der Waals surface area contributed by atoms with E-state index >= 15 is 0 Å². The van der Waals surface area contributed by atoms with Gasteiger partial charge in [0.15, 0.2) is 0 Å². The van der Waals surface area contributed by atoms with E-state index in [2.05, 4.69) is 21.3 Å². The number of hydrogen-bond donors (Lipinski definition) is 4. The molecular formula is C30H47N5O6S. The molecule has 1 aliphatic carbocycles. The predicted molar refractivity (Wildman–Crippen MR) is 161 cm³/mol. The first-order valence-electron chi connectivity index (χ1n) is 15.1. The highest BCUT2D eigenvalue weighted by Crippen LogP contribution is 2.27. The number of benzene rings is 1. The van der Waals surface area contributed by atoms with Crippen molar-refractivity contribution in [2.24, 2.45) is 11.8 Å². The van der Waals surface area contributed by atoms with Crippen molar-refractivity contribution in [1.29, 1.82) is 0 Å². The topological polar surface area (TPSA) is 154 Å². The van der Waals surface area contributed by atoms with Crippen LogP contribution < -0.4 is 21.3 Å². The molecule has 0 bridgehead atoms. The Kier molecular flexibility index (Phi) is 12.3. The maximum absolute atomic E-state index is 13.7. The molecule has 4 atom stereocenters. The van der Waals surface area contributed by atoms with Gasteiger partial charge in [-0.05, 0) is 50.0 Å². The predicted octanol–water partition coefficient (Wildman–Crippen LogP) is 1.48. The molecular weight excluding hydrogens is 558 g/mol. The third-order valence-corrected chi connectivity index (χ3v) is 9.88. The Morgan fingerprint density at radius 1 is 0.881 bits per heavy atom. The van der Waals surface area contributed by atoms with Gasteiger partial charge in [-0.2, -0.15) is 4.31 Å². The van der Waals surface area contributed by atoms with Gasteiger partial charge in [-0.15, -0.1) is 0 Å². The highest BCUT2D eigenvalue weighted by Gasteiger charge is 2.34. The van der Waals surface area contributed by atoms with Gasteiger partial charge in [0.2, 0.25) is 33.7 Å². The van der Waals surface area contributed by atoms with E-state index in [1.165, 1.54) is 6.92 Å². The van der Waals surface area contributed by atoms with Crippen LogP contribution >= 0.6 is 0 Å². The van der Waals surface area contributed by atoms with Gasteiger partial charge in [-0.25, -0.2) is 8.42 Å². The maximum atomic E-state index is 13.7. The van der Waals surface area contributed by atoms with E-state index in [0.29, 0.717) is 12.8 Å². The van der Waals surface area contributed by atoms with E-state index in [1.54, 1.807) is 0 Å². The van der Waals surface area contributed by atoms with Crippen LogP contribution in [0.5, 0.6) is 0 Å². The fraction of sp³-hybridized carbons (Fsp3) is 0.667. The molecule has 2 aliphatic rings. The number of amides is 4. The molecule has 1 saturated carbocycles. The van der Waals surface area contributed by atoms with Crippen molar-refractivity contribution in [3.8, 4) is 0 Å². The summed E-state index contributed by atoms with van der Waals surface area (Å²) in [4.78, 5) is 53.2. The molecule has 0 unspecified atom stereocenters. The minimum absolute atomic E-state index is 0.0254. The first-order valence-corrected chi connectivity index (χ1v) is 16.7. The van der Waals surface area contributed by atoms with Crippen LogP contribution in [0.15, 0.2) is 30.3 Å². The van der Waals surface area contributed by atoms with Crippen molar-refractivity contribution in [2.45, 2.75) is 96.8 Å². The Balaban J connectivity index is 1.95. The summed E-state index contributed by atoms with van der Waals surface area (Å²) in [6, 6.07) is 5.75. The molecule has 234 valence electrons. The summed E-state index contributed by atoms with van der Waals surface area (Å²) in [6.45, 7) is 6.58. The Morgan fingerprint density at radius 3 is 2.12 bits per heavy atom. The smallest absolute Gasteiger partial charge is 0.243 e. The largest absolute Gasteiger partial charge is 0.350 e. The molecule has 1 aliphatic heterocycles. The van der Waals surface area contributed by atoms with Gasteiger partial charge < -0.3 is 21.3 Å². The van der Waals surface area contributed by atoms with Crippen LogP contribution in [-0.2, 0) is 35.6 Å². The zero-order valence-corrected chi connectivity index (χ0v) is 26.0. The van der Waals surface area contributed by atoms with Crippen molar-refractivity contribution in [3.05, 3.63) is 35.9 Å². The second-order valence-corrected chi connectivity index (χ2v) is 14.1. The van der Waals surface area contributed by atoms with E-state index in [1.807, 2.05) is 51.1 Å². The lowest BCUT2D eigenvalue weighted by Crippen LogP contribution is -2.57. The van der Waals surface area contributed by atoms with Gasteiger partial charge in [-0.3, -0.25) is 19.2 Å². The van der Waals surface area contributed by atoms with Crippen LogP contribution in [0, 0.1) is 11.8 Å². The van der Waals surface area contributed by atoms with Crippen molar-refractivity contribution in [3.63, 3.8) is 0 Å². The van der Waals surface area contributed by atoms with Gasteiger partial charge in [0.05, 0.1) is 12.3 Å². The quantitative estimate of drug-likeness (QED) is 0.352. The normalized spacial score (nSPS) is 26.1. The van der Waals surface area contributed by atoms with E-state index < -0.39 is 64.4 Å². The van der Waals surface area contributed by atoms with Crippen LogP contribution in [0.2, 0.25) is 0 Å². The van der Waals surface area contributed by atoms with Crippen LogP contribution in [0.25, 0.3) is 0 Å². The Bertz CT molecular complexity index is 1190. The summed E-state index contributed by atoms with van der Waals surface area (Å²) < 4.78 is 28.3. The molecule has 0 aromatic heterocycles. The van der Waals surface area contributed by atoms with Crippen molar-refractivity contribution in [1.82, 2.24) is 25.6 Å². The molecule has 3 rings (SSSR count). The molecule has 2 fully saturated rings. The van der Waals surface area contributed by atoms with Crippen molar-refractivity contribution >= 4 is 33.7 Å². The van der Waals surface area contributed by atoms with Gasteiger partial charge >= 0.3 is 0 Å². The SMILES string of the molecule is CC[C@H]1CN(S(=O)(=O)CC2CCCC2)CC(=O)N[C@H](C)C(=O)N[C@@H](CC(C)C)C(=O)N[C@@H](Cc2ccccc2)C(=O)N1. The molecule has 11 nitrogen and oxygen atoms in total. The summed E-state index contributed by atoms with van der Waals surface area (Å²) in [7, 11) is -3.85. The van der Waals surface area contributed by atoms with Crippen LogP contribution in [-0.4, -0.2) is 79.4 Å². The summed E-state index contributed by atoms with van der Waals surface area (Å²) in [5.74, 6) is -2.16. The first-order chi connectivity index (χ1) is 19.9. The monoisotopic (exact) mass is 605 g/mol. The zero-order chi connectivity index (χ0) is 30.9. The molecule has 4 N–H and O–H groups in total. The molecule has 0 radical (unpaired) electrons. The summed E-state index contributed by atoms with van der Waals surface area (Å²) in [6.07, 6.45) is 4.54. The number of sulfonamides is 1. The summed E-state index contributed by atoms with van der Waals surface area (Å²) >= 11 is 0. The van der Waals surface area contributed by atoms with Crippen molar-refractivity contribution in [2.75, 3.05) is 18.8 Å². The highest BCUT2D eigenvalue weighted by atomic mass is 32.2.